The molecule has 0 aliphatic rings. The molecule has 19 heavy (non-hydrogen) atoms. The average molecular weight is 274 g/mol. The third-order valence-corrected chi connectivity index (χ3v) is 3.47. The van der Waals surface area contributed by atoms with Crippen LogP contribution in [0.25, 0.3) is 0 Å². The van der Waals surface area contributed by atoms with E-state index in [1.54, 1.807) is 43.5 Å². The van der Waals surface area contributed by atoms with Gasteiger partial charge < -0.3 is 10.5 Å². The maximum atomic E-state index is 7.46. The number of hydrogen-bond donors (Lipinski definition) is 2. The van der Waals surface area contributed by atoms with Crippen molar-refractivity contribution in [1.29, 1.82) is 5.41 Å². The van der Waals surface area contributed by atoms with Crippen LogP contribution in [0.3, 0.4) is 0 Å². The second-order valence-electron chi connectivity index (χ2n) is 3.78. The quantitative estimate of drug-likeness (QED) is 0.495. The molecule has 98 valence electrons. The minimum atomic E-state index is 0.00461. The van der Waals surface area contributed by atoms with Gasteiger partial charge in [-0.3, -0.25) is 10.4 Å². The number of aromatic nitrogens is 2. The lowest BCUT2D eigenvalue weighted by Crippen LogP contribution is -2.12. The topological polar surface area (TPSA) is 84.9 Å². The minimum absolute atomic E-state index is 0.00461. The van der Waals surface area contributed by atoms with Crippen LogP contribution in [0.5, 0.6) is 5.75 Å². The van der Waals surface area contributed by atoms with Crippen molar-refractivity contribution in [3.63, 3.8) is 0 Å². The Morgan fingerprint density at radius 1 is 1.42 bits per heavy atom. The molecule has 0 spiro atoms. The summed E-state index contributed by atoms with van der Waals surface area (Å²) in [5.41, 5.74) is 7.17. The number of methoxy groups -OCH3 is 1. The Labute approximate surface area is 115 Å². The van der Waals surface area contributed by atoms with Crippen molar-refractivity contribution >= 4 is 17.6 Å². The van der Waals surface area contributed by atoms with Gasteiger partial charge in [0.1, 0.15) is 16.6 Å². The van der Waals surface area contributed by atoms with Crippen LogP contribution in [0.4, 0.5) is 0 Å². The van der Waals surface area contributed by atoms with Crippen LogP contribution in [-0.2, 0) is 5.75 Å². The first-order valence-electron chi connectivity index (χ1n) is 5.61. The predicted octanol–water partition coefficient (Wildman–Crippen LogP) is 2.06. The second kappa shape index (κ2) is 6.19. The summed E-state index contributed by atoms with van der Waals surface area (Å²) in [4.78, 5) is 8.21. The van der Waals surface area contributed by atoms with Crippen LogP contribution in [0.2, 0.25) is 0 Å². The molecule has 1 aromatic carbocycles. The summed E-state index contributed by atoms with van der Waals surface area (Å²) in [5, 5.41) is 8.33. The summed E-state index contributed by atoms with van der Waals surface area (Å²) in [6, 6.07) is 5.62. The van der Waals surface area contributed by atoms with E-state index in [0.717, 1.165) is 16.3 Å². The number of benzene rings is 1. The first-order chi connectivity index (χ1) is 9.20. The summed E-state index contributed by atoms with van der Waals surface area (Å²) >= 11 is 1.59. The zero-order valence-corrected chi connectivity index (χ0v) is 11.3. The molecular formula is C13H14N4OS. The van der Waals surface area contributed by atoms with Gasteiger partial charge in [0.25, 0.3) is 0 Å². The third-order valence-electron chi connectivity index (χ3n) is 2.48. The molecule has 5 nitrogen and oxygen atoms in total. The Hall–Kier alpha value is -2.08. The van der Waals surface area contributed by atoms with Gasteiger partial charge in [-0.05, 0) is 17.7 Å². The average Bonchev–Trinajstić information content (AvgIpc) is 2.45. The lowest BCUT2D eigenvalue weighted by molar-refractivity contribution is 0.413. The molecule has 0 amide bonds. The fourth-order valence-electron chi connectivity index (χ4n) is 1.57. The van der Waals surface area contributed by atoms with Crippen LogP contribution in [0.1, 0.15) is 11.1 Å². The van der Waals surface area contributed by atoms with Crippen LogP contribution < -0.4 is 10.5 Å². The van der Waals surface area contributed by atoms with Crippen LogP contribution in [0.15, 0.2) is 41.8 Å². The van der Waals surface area contributed by atoms with E-state index < -0.39 is 0 Å². The molecule has 2 rings (SSSR count). The van der Waals surface area contributed by atoms with Gasteiger partial charge in [-0.25, -0.2) is 4.98 Å². The largest absolute Gasteiger partial charge is 0.496 e. The van der Waals surface area contributed by atoms with E-state index in [2.05, 4.69) is 9.97 Å². The van der Waals surface area contributed by atoms with Gasteiger partial charge in [-0.1, -0.05) is 6.07 Å². The number of amidine groups is 1. The zero-order valence-electron chi connectivity index (χ0n) is 10.5. The van der Waals surface area contributed by atoms with E-state index in [-0.39, 0.29) is 5.84 Å². The summed E-state index contributed by atoms with van der Waals surface area (Å²) in [6.45, 7) is 0. The summed E-state index contributed by atoms with van der Waals surface area (Å²) in [6.07, 6.45) is 5.04. The molecule has 0 unspecified atom stereocenters. The normalized spacial score (nSPS) is 10.2. The van der Waals surface area contributed by atoms with Gasteiger partial charge in [0.2, 0.25) is 0 Å². The van der Waals surface area contributed by atoms with Crippen molar-refractivity contribution in [2.24, 2.45) is 5.73 Å². The molecule has 0 saturated heterocycles. The second-order valence-corrected chi connectivity index (χ2v) is 4.78. The molecule has 0 aliphatic carbocycles. The van der Waals surface area contributed by atoms with Crippen molar-refractivity contribution in [2.45, 2.75) is 10.8 Å². The van der Waals surface area contributed by atoms with Gasteiger partial charge in [-0.2, -0.15) is 0 Å². The van der Waals surface area contributed by atoms with Crippen LogP contribution in [0, 0.1) is 5.41 Å². The molecule has 0 bridgehead atoms. The van der Waals surface area contributed by atoms with Gasteiger partial charge in [0, 0.05) is 18.1 Å². The van der Waals surface area contributed by atoms with Crippen LogP contribution in [-0.4, -0.2) is 22.9 Å². The van der Waals surface area contributed by atoms with Gasteiger partial charge in [-0.15, -0.1) is 11.8 Å². The van der Waals surface area contributed by atoms with Gasteiger partial charge >= 0.3 is 0 Å². The summed E-state index contributed by atoms with van der Waals surface area (Å²) < 4.78 is 5.24. The molecule has 1 aromatic heterocycles. The Kier molecular flexibility index (Phi) is 4.35. The summed E-state index contributed by atoms with van der Waals surface area (Å²) in [5.74, 6) is 1.38. The smallest absolute Gasteiger partial charge is 0.130 e. The SMILES string of the molecule is COc1cc(CSc2cnccn2)ccc1C(=N)N. The zero-order chi connectivity index (χ0) is 13.7. The number of rotatable bonds is 5. The highest BCUT2D eigenvalue weighted by molar-refractivity contribution is 7.98. The number of nitrogens with two attached hydrogens (primary N) is 1. The van der Waals surface area contributed by atoms with Crippen molar-refractivity contribution in [2.75, 3.05) is 7.11 Å². The molecule has 6 heteroatoms. The fourth-order valence-corrected chi connectivity index (χ4v) is 2.33. The highest BCUT2D eigenvalue weighted by Crippen LogP contribution is 2.25. The molecule has 0 saturated carbocycles. The van der Waals surface area contributed by atoms with Gasteiger partial charge in [0.15, 0.2) is 0 Å². The third kappa shape index (κ3) is 3.45. The lowest BCUT2D eigenvalue weighted by atomic mass is 10.1. The lowest BCUT2D eigenvalue weighted by Gasteiger charge is -2.09. The first-order valence-corrected chi connectivity index (χ1v) is 6.59. The molecule has 0 fully saturated rings. The Bertz CT molecular complexity index is 574. The molecule has 0 atom stereocenters. The number of thioether (sulfide) groups is 1. The van der Waals surface area contributed by atoms with E-state index in [0.29, 0.717) is 11.3 Å². The maximum Gasteiger partial charge on any atom is 0.130 e. The first kappa shape index (κ1) is 13.4. The van der Waals surface area contributed by atoms with Crippen molar-refractivity contribution in [1.82, 2.24) is 9.97 Å². The van der Waals surface area contributed by atoms with E-state index in [4.69, 9.17) is 15.9 Å². The molecular weight excluding hydrogens is 260 g/mol. The monoisotopic (exact) mass is 274 g/mol. The number of ether oxygens (including phenoxy) is 1. The van der Waals surface area contributed by atoms with E-state index >= 15 is 0 Å². The molecule has 3 N–H and O–H groups in total. The van der Waals surface area contributed by atoms with Crippen molar-refractivity contribution < 1.29 is 4.74 Å². The number of nitrogen functional groups attached to an aromatic ring is 1. The predicted molar refractivity (Wildman–Crippen MR) is 75.6 cm³/mol. The molecule has 0 aliphatic heterocycles. The summed E-state index contributed by atoms with van der Waals surface area (Å²) in [7, 11) is 1.57. The van der Waals surface area contributed by atoms with E-state index in [1.165, 1.54) is 0 Å². The van der Waals surface area contributed by atoms with Crippen molar-refractivity contribution in [3.05, 3.63) is 47.9 Å². The maximum absolute atomic E-state index is 7.46. The van der Waals surface area contributed by atoms with E-state index in [9.17, 15) is 0 Å². The minimum Gasteiger partial charge on any atom is -0.496 e. The highest BCUT2D eigenvalue weighted by atomic mass is 32.2. The Balaban J connectivity index is 2.11. The number of nitrogens with one attached hydrogen (secondary N) is 1. The Morgan fingerprint density at radius 2 is 2.26 bits per heavy atom. The standard InChI is InChI=1S/C13H14N4OS/c1-18-11-6-9(2-3-10(11)13(14)15)8-19-12-7-16-4-5-17-12/h2-7H,8H2,1H3,(H3,14,15). The number of hydrogen-bond acceptors (Lipinski definition) is 5. The molecule has 1 heterocycles. The fraction of sp³-hybridized carbons (Fsp3) is 0.154. The highest BCUT2D eigenvalue weighted by Gasteiger charge is 2.07. The molecule has 0 radical (unpaired) electrons. The van der Waals surface area contributed by atoms with E-state index in [1.807, 2.05) is 12.1 Å². The Morgan fingerprint density at radius 3 is 2.89 bits per heavy atom. The molecule has 2 aromatic rings. The van der Waals surface area contributed by atoms with Crippen LogP contribution >= 0.6 is 11.8 Å². The number of nitrogens with zero attached hydrogens (tertiary/aromatic N) is 2. The van der Waals surface area contributed by atoms with Gasteiger partial charge in [0.05, 0.1) is 18.9 Å². The van der Waals surface area contributed by atoms with Crippen molar-refractivity contribution in [3.8, 4) is 5.75 Å².